The molecule has 0 aliphatic carbocycles. The lowest BCUT2D eigenvalue weighted by atomic mass is 9.99. The summed E-state index contributed by atoms with van der Waals surface area (Å²) in [7, 11) is 0. The van der Waals surface area contributed by atoms with Crippen molar-refractivity contribution in [3.8, 4) is 0 Å². The number of halogens is 1. The van der Waals surface area contributed by atoms with Crippen LogP contribution >= 0.6 is 0 Å². The number of fused-ring (bicyclic) bond motifs is 1. The zero-order chi connectivity index (χ0) is 18.1. The third-order valence-electron chi connectivity index (χ3n) is 5.28. The van der Waals surface area contributed by atoms with Gasteiger partial charge in [-0.3, -0.25) is 9.79 Å². The summed E-state index contributed by atoms with van der Waals surface area (Å²) >= 11 is 0. The maximum absolute atomic E-state index is 14.1. The van der Waals surface area contributed by atoms with Gasteiger partial charge in [0.05, 0.1) is 5.69 Å². The topological polar surface area (TPSA) is 44.7 Å². The molecule has 0 aromatic heterocycles. The largest absolute Gasteiger partial charge is 0.372 e. The van der Waals surface area contributed by atoms with Gasteiger partial charge in [0.15, 0.2) is 0 Å². The van der Waals surface area contributed by atoms with Crippen LogP contribution in [0.3, 0.4) is 0 Å². The van der Waals surface area contributed by atoms with Crippen molar-refractivity contribution in [1.29, 1.82) is 0 Å². The number of carbonyl (C=O) groups is 1. The van der Waals surface area contributed by atoms with Crippen LogP contribution in [0.1, 0.15) is 31.2 Å². The molecule has 26 heavy (non-hydrogen) atoms. The molecule has 134 valence electrons. The molecule has 2 heterocycles. The fraction of sp³-hybridized carbons (Fsp3) is 0.333. The highest BCUT2D eigenvalue weighted by atomic mass is 19.1. The summed E-state index contributed by atoms with van der Waals surface area (Å²) in [5.74, 6) is -0.509. The summed E-state index contributed by atoms with van der Waals surface area (Å²) in [6, 6.07) is 12.7. The first-order valence-corrected chi connectivity index (χ1v) is 9.10. The number of piperidine rings is 1. The Balaban J connectivity index is 1.49. The van der Waals surface area contributed by atoms with Gasteiger partial charge in [-0.15, -0.1) is 0 Å². The molecule has 1 atom stereocenters. The molecule has 2 aromatic carbocycles. The Bertz CT molecular complexity index is 839. The van der Waals surface area contributed by atoms with Gasteiger partial charge in [0.2, 0.25) is 5.91 Å². The molecule has 2 aliphatic heterocycles. The van der Waals surface area contributed by atoms with Crippen LogP contribution in [0.5, 0.6) is 0 Å². The molecule has 1 unspecified atom stereocenters. The second-order valence-electron chi connectivity index (χ2n) is 7.13. The summed E-state index contributed by atoms with van der Waals surface area (Å²) in [4.78, 5) is 18.9. The molecule has 0 radical (unpaired) electrons. The van der Waals surface area contributed by atoms with Crippen molar-refractivity contribution in [1.82, 2.24) is 0 Å². The number of nitrogens with zero attached hydrogens (tertiary/aromatic N) is 2. The Morgan fingerprint density at radius 2 is 1.88 bits per heavy atom. The smallest absolute Gasteiger partial charge is 0.237 e. The first kappa shape index (κ1) is 16.8. The molecule has 1 saturated heterocycles. The fourth-order valence-corrected chi connectivity index (χ4v) is 3.62. The van der Waals surface area contributed by atoms with E-state index >= 15 is 0 Å². The van der Waals surface area contributed by atoms with E-state index in [-0.39, 0.29) is 11.7 Å². The fourth-order valence-electron chi connectivity index (χ4n) is 3.62. The zero-order valence-corrected chi connectivity index (χ0v) is 14.8. The van der Waals surface area contributed by atoms with Crippen molar-refractivity contribution in [3.63, 3.8) is 0 Å². The number of aliphatic imine (C=N–C) groups is 1. The van der Waals surface area contributed by atoms with Gasteiger partial charge in [-0.2, -0.15) is 0 Å². The summed E-state index contributed by atoms with van der Waals surface area (Å²) in [5, 5.41) is 2.70. The molecule has 0 saturated carbocycles. The van der Waals surface area contributed by atoms with Crippen LogP contribution in [-0.2, 0) is 4.79 Å². The first-order chi connectivity index (χ1) is 12.6. The SMILES string of the molecule is CC1CCN(c2ccc(N=CC3C(=O)Nc4cccc(F)c43)cc2)CC1. The lowest BCUT2D eigenvalue weighted by Gasteiger charge is -2.32. The Labute approximate surface area is 152 Å². The number of rotatable bonds is 3. The number of benzene rings is 2. The molecule has 5 heteroatoms. The van der Waals surface area contributed by atoms with Crippen LogP contribution in [0.2, 0.25) is 0 Å². The summed E-state index contributed by atoms with van der Waals surface area (Å²) in [6.07, 6.45) is 3.98. The molecule has 1 N–H and O–H groups in total. The quantitative estimate of drug-likeness (QED) is 0.828. The highest BCUT2D eigenvalue weighted by Gasteiger charge is 2.31. The number of hydrogen-bond acceptors (Lipinski definition) is 3. The Morgan fingerprint density at radius 1 is 1.15 bits per heavy atom. The van der Waals surface area contributed by atoms with Gasteiger partial charge in [0.1, 0.15) is 11.7 Å². The van der Waals surface area contributed by atoms with Gasteiger partial charge >= 0.3 is 0 Å². The van der Waals surface area contributed by atoms with Crippen molar-refractivity contribution in [3.05, 3.63) is 53.8 Å². The van der Waals surface area contributed by atoms with Gasteiger partial charge in [0.25, 0.3) is 0 Å². The summed E-state index contributed by atoms with van der Waals surface area (Å²) in [5.41, 5.74) is 2.86. The normalized spacial score (nSPS) is 20.5. The number of carbonyl (C=O) groups excluding carboxylic acids is 1. The predicted octanol–water partition coefficient (Wildman–Crippen LogP) is 4.50. The molecule has 0 spiro atoms. The minimum atomic E-state index is -0.686. The monoisotopic (exact) mass is 351 g/mol. The van der Waals surface area contributed by atoms with E-state index in [9.17, 15) is 9.18 Å². The number of nitrogens with one attached hydrogen (secondary N) is 1. The average molecular weight is 351 g/mol. The maximum atomic E-state index is 14.1. The highest BCUT2D eigenvalue weighted by molar-refractivity contribution is 6.12. The molecule has 0 bridgehead atoms. The average Bonchev–Trinajstić information content (AvgIpc) is 2.98. The Hall–Kier alpha value is -2.69. The zero-order valence-electron chi connectivity index (χ0n) is 14.8. The molecule has 1 fully saturated rings. The summed E-state index contributed by atoms with van der Waals surface area (Å²) in [6.45, 7) is 4.47. The van der Waals surface area contributed by atoms with Crippen molar-refractivity contribution >= 4 is 29.2 Å². The predicted molar refractivity (Wildman–Crippen MR) is 103 cm³/mol. The van der Waals surface area contributed by atoms with Gasteiger partial charge < -0.3 is 10.2 Å². The minimum absolute atomic E-state index is 0.243. The standard InChI is InChI=1S/C21H22FN3O/c1-14-9-11-25(12-10-14)16-7-5-15(6-8-16)23-13-17-20-18(22)3-2-4-19(20)24-21(17)26/h2-8,13-14,17H,9-12H2,1H3,(H,24,26). The second kappa shape index (κ2) is 6.90. The van der Waals surface area contributed by atoms with Gasteiger partial charge in [-0.05, 0) is 55.2 Å². The number of amides is 1. The molecular weight excluding hydrogens is 329 g/mol. The van der Waals surface area contributed by atoms with Crippen LogP contribution in [0.15, 0.2) is 47.5 Å². The number of anilines is 2. The lowest BCUT2D eigenvalue weighted by molar-refractivity contribution is -0.115. The van der Waals surface area contributed by atoms with Crippen molar-refractivity contribution < 1.29 is 9.18 Å². The molecule has 2 aromatic rings. The molecule has 2 aliphatic rings. The van der Waals surface area contributed by atoms with E-state index in [1.807, 2.05) is 12.1 Å². The molecule has 1 amide bonds. The lowest BCUT2D eigenvalue weighted by Crippen LogP contribution is -2.32. The van der Waals surface area contributed by atoms with Crippen LogP contribution < -0.4 is 10.2 Å². The molecular formula is C21H22FN3O. The van der Waals surface area contributed by atoms with E-state index < -0.39 is 5.92 Å². The van der Waals surface area contributed by atoms with Crippen LogP contribution in [0.4, 0.5) is 21.5 Å². The van der Waals surface area contributed by atoms with Crippen LogP contribution in [0.25, 0.3) is 0 Å². The highest BCUT2D eigenvalue weighted by Crippen LogP contribution is 2.34. The van der Waals surface area contributed by atoms with E-state index in [0.717, 1.165) is 24.7 Å². The van der Waals surface area contributed by atoms with Crippen molar-refractivity contribution in [2.24, 2.45) is 10.9 Å². The van der Waals surface area contributed by atoms with E-state index in [1.165, 1.54) is 30.8 Å². The van der Waals surface area contributed by atoms with E-state index in [1.54, 1.807) is 12.1 Å². The second-order valence-corrected chi connectivity index (χ2v) is 7.13. The van der Waals surface area contributed by atoms with Gasteiger partial charge in [-0.1, -0.05) is 13.0 Å². The Kier molecular flexibility index (Phi) is 4.45. The third-order valence-corrected chi connectivity index (χ3v) is 5.28. The summed E-state index contributed by atoms with van der Waals surface area (Å²) < 4.78 is 14.1. The Morgan fingerprint density at radius 3 is 2.62 bits per heavy atom. The maximum Gasteiger partial charge on any atom is 0.237 e. The van der Waals surface area contributed by atoms with Crippen LogP contribution in [-0.4, -0.2) is 25.2 Å². The van der Waals surface area contributed by atoms with E-state index in [4.69, 9.17) is 0 Å². The first-order valence-electron chi connectivity index (χ1n) is 9.10. The number of hydrogen-bond donors (Lipinski definition) is 1. The minimum Gasteiger partial charge on any atom is -0.372 e. The van der Waals surface area contributed by atoms with Crippen molar-refractivity contribution in [2.75, 3.05) is 23.3 Å². The molecule has 4 rings (SSSR count). The van der Waals surface area contributed by atoms with Crippen LogP contribution in [0, 0.1) is 11.7 Å². The third kappa shape index (κ3) is 3.21. The van der Waals surface area contributed by atoms with E-state index in [2.05, 4.69) is 34.3 Å². The van der Waals surface area contributed by atoms with Gasteiger partial charge in [-0.25, -0.2) is 4.39 Å². The molecule has 4 nitrogen and oxygen atoms in total. The van der Waals surface area contributed by atoms with Crippen molar-refractivity contribution in [2.45, 2.75) is 25.7 Å². The van der Waals surface area contributed by atoms with Gasteiger partial charge in [0, 0.05) is 36.2 Å². The van der Waals surface area contributed by atoms with E-state index in [0.29, 0.717) is 11.3 Å².